The standard InChI is InChI=1S/C24H20ClF2N5O3/c1-34-23-13(25)3-2-4-16(23)31-22-19-14(8-10-29-24(19)33)30-21(22)12-7-9-28-15-5-6-18(32-20(12)15)35-11-17(26)27/h2-7,9,17,30-31H,8,10-11H2,1H3,(H,29,33). The summed E-state index contributed by atoms with van der Waals surface area (Å²) in [6.45, 7) is -0.279. The minimum atomic E-state index is -2.63. The van der Waals surface area contributed by atoms with Gasteiger partial charge < -0.3 is 25.1 Å². The zero-order valence-corrected chi connectivity index (χ0v) is 19.2. The van der Waals surface area contributed by atoms with Crippen molar-refractivity contribution in [2.75, 3.05) is 25.6 Å². The Balaban J connectivity index is 1.69. The number of fused-ring (bicyclic) bond motifs is 2. The number of pyridine rings is 2. The topological polar surface area (TPSA) is 101 Å². The van der Waals surface area contributed by atoms with Gasteiger partial charge in [-0.1, -0.05) is 17.7 Å². The van der Waals surface area contributed by atoms with Gasteiger partial charge in [-0.15, -0.1) is 0 Å². The minimum Gasteiger partial charge on any atom is -0.493 e. The molecule has 0 atom stereocenters. The minimum absolute atomic E-state index is 0.0483. The fourth-order valence-corrected chi connectivity index (χ4v) is 4.35. The molecule has 0 fully saturated rings. The third-order valence-corrected chi connectivity index (χ3v) is 5.88. The number of hydrogen-bond donors (Lipinski definition) is 3. The largest absolute Gasteiger partial charge is 0.493 e. The van der Waals surface area contributed by atoms with Crippen LogP contribution in [0.1, 0.15) is 16.1 Å². The quantitative estimate of drug-likeness (QED) is 0.332. The summed E-state index contributed by atoms with van der Waals surface area (Å²) in [5, 5.41) is 6.58. The number of alkyl halides is 2. The number of ether oxygens (including phenoxy) is 2. The molecule has 0 unspecified atom stereocenters. The molecule has 0 spiro atoms. The van der Waals surface area contributed by atoms with Crippen LogP contribution in [-0.2, 0) is 6.42 Å². The Bertz CT molecular complexity index is 1430. The molecule has 11 heteroatoms. The van der Waals surface area contributed by atoms with Crippen molar-refractivity contribution in [3.8, 4) is 22.9 Å². The lowest BCUT2D eigenvalue weighted by molar-refractivity contribution is 0.0797. The van der Waals surface area contributed by atoms with Crippen molar-refractivity contribution in [2.24, 2.45) is 0 Å². The number of nitrogens with zero attached hydrogens (tertiary/aromatic N) is 2. The van der Waals surface area contributed by atoms with E-state index in [0.29, 0.717) is 63.0 Å². The maximum Gasteiger partial charge on any atom is 0.272 e. The number of H-pyrrole nitrogens is 1. The molecule has 1 amide bonds. The molecule has 180 valence electrons. The van der Waals surface area contributed by atoms with Crippen LogP contribution in [0.5, 0.6) is 11.6 Å². The van der Waals surface area contributed by atoms with E-state index in [1.165, 1.54) is 13.2 Å². The first kappa shape index (κ1) is 22.9. The van der Waals surface area contributed by atoms with E-state index in [1.807, 2.05) is 0 Å². The fraction of sp³-hybridized carbons (Fsp3) is 0.208. The number of para-hydroxylation sites is 1. The van der Waals surface area contributed by atoms with Gasteiger partial charge in [0, 0.05) is 36.5 Å². The predicted molar refractivity (Wildman–Crippen MR) is 128 cm³/mol. The first-order valence-electron chi connectivity index (χ1n) is 10.8. The summed E-state index contributed by atoms with van der Waals surface area (Å²) in [6, 6.07) is 10.1. The highest BCUT2D eigenvalue weighted by atomic mass is 35.5. The van der Waals surface area contributed by atoms with E-state index in [9.17, 15) is 13.6 Å². The number of aromatic amines is 1. The van der Waals surface area contributed by atoms with Crippen LogP contribution in [0.15, 0.2) is 42.6 Å². The SMILES string of the molecule is COc1c(Cl)cccc1Nc1c(-c2ccnc3ccc(OCC(F)F)nc23)[nH]c2c1C(=O)NCC2. The summed E-state index contributed by atoms with van der Waals surface area (Å²) in [6.07, 6.45) is -0.414. The van der Waals surface area contributed by atoms with E-state index in [2.05, 4.69) is 25.6 Å². The lowest BCUT2D eigenvalue weighted by atomic mass is 10.0. The first-order valence-corrected chi connectivity index (χ1v) is 11.1. The maximum absolute atomic E-state index is 12.9. The van der Waals surface area contributed by atoms with Crippen molar-refractivity contribution in [2.45, 2.75) is 12.8 Å². The summed E-state index contributed by atoms with van der Waals surface area (Å²) in [4.78, 5) is 25.0. The molecule has 8 nitrogen and oxygen atoms in total. The third kappa shape index (κ3) is 4.32. The monoisotopic (exact) mass is 499 g/mol. The van der Waals surface area contributed by atoms with Crippen LogP contribution in [-0.4, -0.2) is 47.5 Å². The Morgan fingerprint density at radius 2 is 2.09 bits per heavy atom. The molecule has 0 saturated carbocycles. The molecule has 3 N–H and O–H groups in total. The Hall–Kier alpha value is -3.92. The van der Waals surface area contributed by atoms with Gasteiger partial charge >= 0.3 is 0 Å². The van der Waals surface area contributed by atoms with Gasteiger partial charge in [0.15, 0.2) is 12.4 Å². The van der Waals surface area contributed by atoms with Crippen LogP contribution in [0, 0.1) is 0 Å². The molecular weight excluding hydrogens is 480 g/mol. The number of aromatic nitrogens is 3. The molecular formula is C24H20ClF2N5O3. The van der Waals surface area contributed by atoms with Crippen molar-refractivity contribution in [3.63, 3.8) is 0 Å². The molecule has 35 heavy (non-hydrogen) atoms. The fourth-order valence-electron chi connectivity index (χ4n) is 4.09. The van der Waals surface area contributed by atoms with Crippen molar-refractivity contribution >= 4 is 39.9 Å². The second-order valence-electron chi connectivity index (χ2n) is 7.76. The Labute approximate surface area is 203 Å². The molecule has 4 aromatic rings. The molecule has 1 aromatic carbocycles. The van der Waals surface area contributed by atoms with Gasteiger partial charge in [-0.05, 0) is 24.3 Å². The van der Waals surface area contributed by atoms with Crippen LogP contribution in [0.25, 0.3) is 22.3 Å². The second kappa shape index (κ2) is 9.38. The van der Waals surface area contributed by atoms with Crippen LogP contribution < -0.4 is 20.1 Å². The lowest BCUT2D eigenvalue weighted by Crippen LogP contribution is -2.31. The number of anilines is 2. The smallest absolute Gasteiger partial charge is 0.272 e. The van der Waals surface area contributed by atoms with Crippen molar-refractivity contribution < 1.29 is 23.0 Å². The number of carbonyl (C=O) groups is 1. The summed E-state index contributed by atoms with van der Waals surface area (Å²) in [7, 11) is 1.51. The van der Waals surface area contributed by atoms with Crippen LogP contribution in [0.4, 0.5) is 20.2 Å². The van der Waals surface area contributed by atoms with E-state index < -0.39 is 13.0 Å². The van der Waals surface area contributed by atoms with Gasteiger partial charge in [0.2, 0.25) is 5.88 Å². The average Bonchev–Trinajstić information content (AvgIpc) is 3.21. The van der Waals surface area contributed by atoms with Gasteiger partial charge in [0.05, 0.1) is 40.3 Å². The predicted octanol–water partition coefficient (Wildman–Crippen LogP) is 4.96. The molecule has 1 aliphatic rings. The molecule has 0 bridgehead atoms. The summed E-state index contributed by atoms with van der Waals surface area (Å²) in [5.41, 5.74) is 4.45. The van der Waals surface area contributed by atoms with Gasteiger partial charge in [0.1, 0.15) is 5.52 Å². The first-order chi connectivity index (χ1) is 17.0. The number of amides is 1. The zero-order valence-electron chi connectivity index (χ0n) is 18.5. The van der Waals surface area contributed by atoms with Crippen LogP contribution >= 0.6 is 11.6 Å². The van der Waals surface area contributed by atoms with E-state index >= 15 is 0 Å². The normalized spacial score (nSPS) is 13.0. The molecule has 0 saturated heterocycles. The zero-order chi connectivity index (χ0) is 24.5. The summed E-state index contributed by atoms with van der Waals surface area (Å²) >= 11 is 6.31. The number of methoxy groups -OCH3 is 1. The van der Waals surface area contributed by atoms with E-state index in [-0.39, 0.29) is 11.8 Å². The molecule has 1 aliphatic heterocycles. The molecule has 4 heterocycles. The van der Waals surface area contributed by atoms with Crippen molar-refractivity contribution in [1.29, 1.82) is 0 Å². The van der Waals surface area contributed by atoms with Gasteiger partial charge in [-0.3, -0.25) is 9.78 Å². The molecule has 5 rings (SSSR count). The van der Waals surface area contributed by atoms with E-state index in [4.69, 9.17) is 21.1 Å². The lowest BCUT2D eigenvalue weighted by Gasteiger charge is -2.17. The Morgan fingerprint density at radius 3 is 2.89 bits per heavy atom. The number of rotatable bonds is 7. The highest BCUT2D eigenvalue weighted by Gasteiger charge is 2.28. The second-order valence-corrected chi connectivity index (χ2v) is 8.17. The maximum atomic E-state index is 12.9. The van der Waals surface area contributed by atoms with Gasteiger partial charge in [0.25, 0.3) is 12.3 Å². The number of hydrogen-bond acceptors (Lipinski definition) is 6. The van der Waals surface area contributed by atoms with Gasteiger partial charge in [-0.2, -0.15) is 0 Å². The van der Waals surface area contributed by atoms with Crippen LogP contribution in [0.3, 0.4) is 0 Å². The van der Waals surface area contributed by atoms with Crippen molar-refractivity contribution in [3.05, 3.63) is 58.9 Å². The van der Waals surface area contributed by atoms with E-state index in [0.717, 1.165) is 5.69 Å². The Morgan fingerprint density at radius 1 is 1.23 bits per heavy atom. The third-order valence-electron chi connectivity index (χ3n) is 5.58. The average molecular weight is 500 g/mol. The molecule has 0 radical (unpaired) electrons. The highest BCUT2D eigenvalue weighted by molar-refractivity contribution is 6.32. The van der Waals surface area contributed by atoms with Gasteiger partial charge in [-0.25, -0.2) is 13.8 Å². The van der Waals surface area contributed by atoms with E-state index in [1.54, 1.807) is 36.5 Å². The number of halogens is 3. The number of carbonyl (C=O) groups excluding carboxylic acids is 1. The summed E-state index contributed by atoms with van der Waals surface area (Å²) in [5.74, 6) is 0.239. The van der Waals surface area contributed by atoms with Crippen LogP contribution in [0.2, 0.25) is 5.02 Å². The van der Waals surface area contributed by atoms with Crippen molar-refractivity contribution in [1.82, 2.24) is 20.3 Å². The highest BCUT2D eigenvalue weighted by Crippen LogP contribution is 2.42. The number of nitrogens with one attached hydrogen (secondary N) is 3. The summed E-state index contributed by atoms with van der Waals surface area (Å²) < 4.78 is 35.9. The molecule has 0 aliphatic carbocycles. The number of benzene rings is 1. The molecule has 3 aromatic heterocycles. The Kier molecular flexibility index (Phi) is 6.12.